The van der Waals surface area contributed by atoms with Crippen LogP contribution in [-0.4, -0.2) is 62.3 Å². The highest BCUT2D eigenvalue weighted by Gasteiger charge is 2.11. The van der Waals surface area contributed by atoms with Crippen LogP contribution in [0.3, 0.4) is 0 Å². The van der Waals surface area contributed by atoms with Gasteiger partial charge in [0.15, 0.2) is 0 Å². The molecule has 6 heteroatoms. The molecule has 0 aliphatic heterocycles. The summed E-state index contributed by atoms with van der Waals surface area (Å²) in [6.45, 7) is 4.08. The van der Waals surface area contributed by atoms with Gasteiger partial charge in [-0.3, -0.25) is 4.79 Å². The number of hydrogen-bond donors (Lipinski definition) is 1. The number of rotatable bonds is 9. The summed E-state index contributed by atoms with van der Waals surface area (Å²) in [4.78, 5) is 26.5. The van der Waals surface area contributed by atoms with Crippen LogP contribution in [-0.2, 0) is 9.53 Å². The third-order valence-electron chi connectivity index (χ3n) is 3.16. The lowest BCUT2D eigenvalue weighted by Crippen LogP contribution is -2.33. The fourth-order valence-corrected chi connectivity index (χ4v) is 1.94. The van der Waals surface area contributed by atoms with Crippen LogP contribution in [0.2, 0.25) is 0 Å². The van der Waals surface area contributed by atoms with Gasteiger partial charge in [0, 0.05) is 25.3 Å². The summed E-state index contributed by atoms with van der Waals surface area (Å²) in [6, 6.07) is 7.06. The summed E-state index contributed by atoms with van der Waals surface area (Å²) in [5, 5.41) is 8.86. The Labute approximate surface area is 131 Å². The number of carboxylic acid groups (broad SMARTS) is 1. The second-order valence-corrected chi connectivity index (χ2v) is 5.20. The maximum Gasteiger partial charge on any atom is 0.338 e. The van der Waals surface area contributed by atoms with Crippen molar-refractivity contribution in [2.45, 2.75) is 13.3 Å². The lowest BCUT2D eigenvalue weighted by molar-refractivity contribution is -0.136. The van der Waals surface area contributed by atoms with Crippen LogP contribution < -0.4 is 4.90 Å². The van der Waals surface area contributed by atoms with Gasteiger partial charge in [0.2, 0.25) is 0 Å². The largest absolute Gasteiger partial charge is 0.481 e. The number of hydrogen-bond acceptors (Lipinski definition) is 5. The Morgan fingerprint density at radius 3 is 2.23 bits per heavy atom. The molecule has 0 aliphatic rings. The molecule has 0 atom stereocenters. The van der Waals surface area contributed by atoms with Gasteiger partial charge in [-0.2, -0.15) is 0 Å². The lowest BCUT2D eigenvalue weighted by atomic mass is 10.2. The van der Waals surface area contributed by atoms with E-state index in [1.165, 1.54) is 0 Å². The molecule has 0 heterocycles. The minimum Gasteiger partial charge on any atom is -0.481 e. The van der Waals surface area contributed by atoms with E-state index in [0.717, 1.165) is 18.8 Å². The minimum absolute atomic E-state index is 0.0764. The Kier molecular flexibility index (Phi) is 7.39. The molecule has 0 spiro atoms. The van der Waals surface area contributed by atoms with Crippen LogP contribution in [0.4, 0.5) is 5.69 Å². The zero-order valence-corrected chi connectivity index (χ0v) is 13.4. The van der Waals surface area contributed by atoms with Crippen molar-refractivity contribution in [3.8, 4) is 0 Å². The highest BCUT2D eigenvalue weighted by Crippen LogP contribution is 2.16. The van der Waals surface area contributed by atoms with Crippen LogP contribution in [0.25, 0.3) is 0 Å². The Hall–Kier alpha value is -2.08. The second-order valence-electron chi connectivity index (χ2n) is 5.20. The third kappa shape index (κ3) is 6.13. The highest BCUT2D eigenvalue weighted by atomic mass is 16.5. The standard InChI is InChI=1S/C16H24N2O4/c1-4-22-16(21)13-5-7-14(8-6-13)18(10-9-15(19)20)12-11-17(2)3/h5-8H,4,9-12H2,1-3H3,(H,19,20). The molecule has 122 valence electrons. The minimum atomic E-state index is -0.821. The fourth-order valence-electron chi connectivity index (χ4n) is 1.94. The maximum absolute atomic E-state index is 11.6. The lowest BCUT2D eigenvalue weighted by Gasteiger charge is -2.26. The average Bonchev–Trinajstić information content (AvgIpc) is 2.47. The summed E-state index contributed by atoms with van der Waals surface area (Å²) < 4.78 is 4.95. The van der Waals surface area contributed by atoms with Crippen molar-refractivity contribution in [1.82, 2.24) is 4.90 Å². The summed E-state index contributed by atoms with van der Waals surface area (Å²) in [5.74, 6) is -1.17. The monoisotopic (exact) mass is 308 g/mol. The summed E-state index contributed by atoms with van der Waals surface area (Å²) in [5.41, 5.74) is 1.40. The molecule has 1 aromatic carbocycles. The number of carboxylic acids is 1. The third-order valence-corrected chi connectivity index (χ3v) is 3.16. The molecule has 0 aliphatic carbocycles. The molecule has 1 aromatic rings. The van der Waals surface area contributed by atoms with E-state index < -0.39 is 5.97 Å². The van der Waals surface area contributed by atoms with Crippen molar-refractivity contribution in [1.29, 1.82) is 0 Å². The van der Waals surface area contributed by atoms with E-state index in [9.17, 15) is 9.59 Å². The van der Waals surface area contributed by atoms with Gasteiger partial charge >= 0.3 is 11.9 Å². The molecule has 0 saturated heterocycles. The molecule has 0 unspecified atom stereocenters. The van der Waals surface area contributed by atoms with Gasteiger partial charge in [-0.15, -0.1) is 0 Å². The first-order valence-electron chi connectivity index (χ1n) is 7.32. The van der Waals surface area contributed by atoms with E-state index >= 15 is 0 Å². The van der Waals surface area contributed by atoms with Crippen LogP contribution >= 0.6 is 0 Å². The molecule has 0 saturated carbocycles. The van der Waals surface area contributed by atoms with Gasteiger partial charge in [0.25, 0.3) is 0 Å². The zero-order chi connectivity index (χ0) is 16.5. The highest BCUT2D eigenvalue weighted by molar-refractivity contribution is 5.89. The summed E-state index contributed by atoms with van der Waals surface area (Å²) in [7, 11) is 3.94. The van der Waals surface area contributed by atoms with Crippen LogP contribution in [0.15, 0.2) is 24.3 Å². The number of likely N-dealkylation sites (N-methyl/N-ethyl adjacent to an activating group) is 1. The van der Waals surface area contributed by atoms with Crippen molar-refractivity contribution in [2.75, 3.05) is 45.2 Å². The Morgan fingerprint density at radius 1 is 1.09 bits per heavy atom. The number of carbonyl (C=O) groups excluding carboxylic acids is 1. The molecular formula is C16H24N2O4. The van der Waals surface area contributed by atoms with Gasteiger partial charge in [0.05, 0.1) is 18.6 Å². The predicted octanol–water partition coefficient (Wildman–Crippen LogP) is 1.71. The van der Waals surface area contributed by atoms with Crippen LogP contribution in [0.1, 0.15) is 23.7 Å². The number of anilines is 1. The number of carbonyl (C=O) groups is 2. The SMILES string of the molecule is CCOC(=O)c1ccc(N(CCC(=O)O)CCN(C)C)cc1. The summed E-state index contributed by atoms with van der Waals surface area (Å²) >= 11 is 0. The topological polar surface area (TPSA) is 70.1 Å². The number of esters is 1. The van der Waals surface area contributed by atoms with Crippen LogP contribution in [0.5, 0.6) is 0 Å². The van der Waals surface area contributed by atoms with Crippen molar-refractivity contribution < 1.29 is 19.4 Å². The quantitative estimate of drug-likeness (QED) is 0.700. The van der Waals surface area contributed by atoms with E-state index in [4.69, 9.17) is 9.84 Å². The number of ether oxygens (including phenoxy) is 1. The first-order chi connectivity index (χ1) is 10.4. The van der Waals surface area contributed by atoms with Crippen molar-refractivity contribution in [3.05, 3.63) is 29.8 Å². The van der Waals surface area contributed by atoms with Gasteiger partial charge in [-0.1, -0.05) is 0 Å². The van der Waals surface area contributed by atoms with Gasteiger partial charge < -0.3 is 19.6 Å². The Balaban J connectivity index is 2.79. The fraction of sp³-hybridized carbons (Fsp3) is 0.500. The Bertz CT molecular complexity index is 485. The second kappa shape index (κ2) is 9.04. The van der Waals surface area contributed by atoms with Gasteiger partial charge in [-0.25, -0.2) is 4.79 Å². The maximum atomic E-state index is 11.6. The van der Waals surface area contributed by atoms with Crippen LogP contribution in [0, 0.1) is 0 Å². The molecule has 0 amide bonds. The van der Waals surface area contributed by atoms with E-state index in [1.54, 1.807) is 19.1 Å². The average molecular weight is 308 g/mol. The predicted molar refractivity (Wildman–Crippen MR) is 85.4 cm³/mol. The smallest absolute Gasteiger partial charge is 0.338 e. The molecule has 22 heavy (non-hydrogen) atoms. The molecule has 0 fully saturated rings. The zero-order valence-electron chi connectivity index (χ0n) is 13.4. The van der Waals surface area contributed by atoms with E-state index in [0.29, 0.717) is 18.7 Å². The van der Waals surface area contributed by atoms with Crippen molar-refractivity contribution >= 4 is 17.6 Å². The number of benzene rings is 1. The number of aliphatic carboxylic acids is 1. The van der Waals surface area contributed by atoms with Gasteiger partial charge in [-0.05, 0) is 45.3 Å². The Morgan fingerprint density at radius 2 is 1.73 bits per heavy atom. The normalized spacial score (nSPS) is 10.5. The number of nitrogens with zero attached hydrogens (tertiary/aromatic N) is 2. The summed E-state index contributed by atoms with van der Waals surface area (Å²) in [6.07, 6.45) is 0.0764. The molecule has 0 bridgehead atoms. The van der Waals surface area contributed by atoms with Crippen molar-refractivity contribution in [2.24, 2.45) is 0 Å². The van der Waals surface area contributed by atoms with Gasteiger partial charge in [0.1, 0.15) is 0 Å². The molecule has 0 aromatic heterocycles. The van der Waals surface area contributed by atoms with E-state index in [-0.39, 0.29) is 12.4 Å². The first-order valence-corrected chi connectivity index (χ1v) is 7.32. The van der Waals surface area contributed by atoms with E-state index in [2.05, 4.69) is 0 Å². The molecular weight excluding hydrogens is 284 g/mol. The molecule has 1 N–H and O–H groups in total. The molecule has 6 nitrogen and oxygen atoms in total. The molecule has 0 radical (unpaired) electrons. The van der Waals surface area contributed by atoms with Crippen molar-refractivity contribution in [3.63, 3.8) is 0 Å². The molecule has 1 rings (SSSR count). The first kappa shape index (κ1) is 18.0. The van der Waals surface area contributed by atoms with E-state index in [1.807, 2.05) is 36.0 Å².